The summed E-state index contributed by atoms with van der Waals surface area (Å²) >= 11 is 5.96. The van der Waals surface area contributed by atoms with Crippen LogP contribution in [-0.2, 0) is 10.5 Å². The van der Waals surface area contributed by atoms with Gasteiger partial charge in [0.2, 0.25) is 0 Å². The largest absolute Gasteiger partial charge is 0.453 e. The Morgan fingerprint density at radius 2 is 2.19 bits per heavy atom. The molecule has 0 radical (unpaired) electrons. The first-order chi connectivity index (χ1) is 7.53. The number of hydrogen-bond acceptors (Lipinski definition) is 3. The lowest BCUT2D eigenvalue weighted by atomic mass is 10.0. The van der Waals surface area contributed by atoms with Gasteiger partial charge in [-0.15, -0.1) is 0 Å². The number of ether oxygens (including phenoxy) is 1. The fourth-order valence-electron chi connectivity index (χ4n) is 1.36. The average molecular weight is 244 g/mol. The molecule has 1 aromatic carbocycles. The number of rotatable bonds is 3. The molecule has 1 atom stereocenters. The standard InChI is InChI=1S/C11H14ClNO3/c1-3-11(15,13-10(14)16-2)8-6-4-5-7-9(8)12/h4-7,15H,3H2,1-2H3,(H,13,14). The van der Waals surface area contributed by atoms with E-state index in [1.165, 1.54) is 7.11 Å². The quantitative estimate of drug-likeness (QED) is 0.801. The molecule has 4 nitrogen and oxygen atoms in total. The summed E-state index contributed by atoms with van der Waals surface area (Å²) in [6, 6.07) is 6.79. The van der Waals surface area contributed by atoms with Crippen LogP contribution in [0.4, 0.5) is 4.79 Å². The molecule has 2 N–H and O–H groups in total. The van der Waals surface area contributed by atoms with Crippen LogP contribution in [0.15, 0.2) is 24.3 Å². The van der Waals surface area contributed by atoms with Gasteiger partial charge in [-0.05, 0) is 12.5 Å². The van der Waals surface area contributed by atoms with E-state index < -0.39 is 11.8 Å². The fraction of sp³-hybridized carbons (Fsp3) is 0.364. The number of alkyl carbamates (subject to hydrolysis) is 1. The van der Waals surface area contributed by atoms with Crippen molar-refractivity contribution in [1.29, 1.82) is 0 Å². The first-order valence-corrected chi connectivity index (χ1v) is 5.25. The van der Waals surface area contributed by atoms with Crippen molar-refractivity contribution in [2.75, 3.05) is 7.11 Å². The molecular formula is C11H14ClNO3. The zero-order chi connectivity index (χ0) is 12.2. The summed E-state index contributed by atoms with van der Waals surface area (Å²) in [6.07, 6.45) is -0.421. The highest BCUT2D eigenvalue weighted by Gasteiger charge is 2.31. The summed E-state index contributed by atoms with van der Waals surface area (Å²) in [4.78, 5) is 11.1. The second-order valence-corrected chi connectivity index (χ2v) is 3.72. The molecule has 0 aliphatic carbocycles. The predicted molar refractivity (Wildman–Crippen MR) is 61.2 cm³/mol. The molecular weight excluding hydrogens is 230 g/mol. The second kappa shape index (κ2) is 5.18. The summed E-state index contributed by atoms with van der Waals surface area (Å²) < 4.78 is 4.46. The lowest BCUT2D eigenvalue weighted by Crippen LogP contribution is -2.45. The third-order valence-corrected chi connectivity index (χ3v) is 2.65. The second-order valence-electron chi connectivity index (χ2n) is 3.31. The maximum Gasteiger partial charge on any atom is 0.409 e. The van der Waals surface area contributed by atoms with E-state index in [-0.39, 0.29) is 6.42 Å². The normalized spacial score (nSPS) is 14.0. The number of nitrogens with one attached hydrogen (secondary N) is 1. The highest BCUT2D eigenvalue weighted by Crippen LogP contribution is 2.28. The zero-order valence-corrected chi connectivity index (χ0v) is 9.91. The predicted octanol–water partition coefficient (Wildman–Crippen LogP) is 2.25. The number of amides is 1. The molecule has 0 fully saturated rings. The third-order valence-electron chi connectivity index (χ3n) is 2.33. The molecule has 0 saturated carbocycles. The molecule has 0 aliphatic heterocycles. The fourth-order valence-corrected chi connectivity index (χ4v) is 1.65. The van der Waals surface area contributed by atoms with Crippen molar-refractivity contribution in [3.8, 4) is 0 Å². The molecule has 1 amide bonds. The summed E-state index contributed by atoms with van der Waals surface area (Å²) in [5.74, 6) is 0. The van der Waals surface area contributed by atoms with Crippen molar-refractivity contribution in [3.05, 3.63) is 34.9 Å². The topological polar surface area (TPSA) is 58.6 Å². The SMILES string of the molecule is CCC(O)(NC(=O)OC)c1ccccc1Cl. The first-order valence-electron chi connectivity index (χ1n) is 4.87. The van der Waals surface area contributed by atoms with Gasteiger partial charge < -0.3 is 9.84 Å². The van der Waals surface area contributed by atoms with E-state index >= 15 is 0 Å². The van der Waals surface area contributed by atoms with Crippen LogP contribution >= 0.6 is 11.6 Å². The van der Waals surface area contributed by atoms with Gasteiger partial charge in [0, 0.05) is 10.6 Å². The van der Waals surface area contributed by atoms with Gasteiger partial charge in [-0.25, -0.2) is 4.79 Å². The maximum absolute atomic E-state index is 11.1. The first kappa shape index (κ1) is 12.8. The monoisotopic (exact) mass is 243 g/mol. The van der Waals surface area contributed by atoms with E-state index in [0.717, 1.165) is 0 Å². The molecule has 0 aliphatic rings. The number of halogens is 1. The molecule has 0 heterocycles. The van der Waals surface area contributed by atoms with Crippen LogP contribution in [0.3, 0.4) is 0 Å². The van der Waals surface area contributed by atoms with Crippen LogP contribution in [0.1, 0.15) is 18.9 Å². The van der Waals surface area contributed by atoms with E-state index in [0.29, 0.717) is 10.6 Å². The van der Waals surface area contributed by atoms with E-state index in [1.807, 2.05) is 0 Å². The molecule has 5 heteroatoms. The number of carbonyl (C=O) groups is 1. The van der Waals surface area contributed by atoms with Crippen molar-refractivity contribution in [2.24, 2.45) is 0 Å². The van der Waals surface area contributed by atoms with Gasteiger partial charge in [-0.1, -0.05) is 36.7 Å². The zero-order valence-electron chi connectivity index (χ0n) is 9.16. The van der Waals surface area contributed by atoms with Crippen LogP contribution in [0.25, 0.3) is 0 Å². The lowest BCUT2D eigenvalue weighted by molar-refractivity contribution is -0.00142. The van der Waals surface area contributed by atoms with Gasteiger partial charge in [0.1, 0.15) is 0 Å². The Morgan fingerprint density at radius 3 is 2.69 bits per heavy atom. The van der Waals surface area contributed by atoms with Crippen molar-refractivity contribution < 1.29 is 14.6 Å². The van der Waals surface area contributed by atoms with Gasteiger partial charge in [0.05, 0.1) is 7.11 Å². The molecule has 16 heavy (non-hydrogen) atoms. The number of aliphatic hydroxyl groups is 1. The van der Waals surface area contributed by atoms with Gasteiger partial charge in [0.15, 0.2) is 5.72 Å². The summed E-state index contributed by atoms with van der Waals surface area (Å²) in [7, 11) is 1.23. The molecule has 0 aromatic heterocycles. The van der Waals surface area contributed by atoms with Crippen molar-refractivity contribution in [1.82, 2.24) is 5.32 Å². The van der Waals surface area contributed by atoms with Crippen molar-refractivity contribution in [3.63, 3.8) is 0 Å². The highest BCUT2D eigenvalue weighted by molar-refractivity contribution is 6.31. The van der Waals surface area contributed by atoms with Crippen LogP contribution in [-0.4, -0.2) is 18.3 Å². The van der Waals surface area contributed by atoms with Gasteiger partial charge in [-0.3, -0.25) is 5.32 Å². The van der Waals surface area contributed by atoms with Crippen LogP contribution in [0.2, 0.25) is 5.02 Å². The average Bonchev–Trinajstić information content (AvgIpc) is 2.29. The summed E-state index contributed by atoms with van der Waals surface area (Å²) in [6.45, 7) is 1.74. The Bertz CT molecular complexity index is 383. The number of benzene rings is 1. The minimum Gasteiger partial charge on any atom is -0.453 e. The Kier molecular flexibility index (Phi) is 4.15. The van der Waals surface area contributed by atoms with Gasteiger partial charge in [-0.2, -0.15) is 0 Å². The highest BCUT2D eigenvalue weighted by atomic mass is 35.5. The van der Waals surface area contributed by atoms with Crippen molar-refractivity contribution in [2.45, 2.75) is 19.1 Å². The maximum atomic E-state index is 11.1. The van der Waals surface area contributed by atoms with E-state index in [1.54, 1.807) is 31.2 Å². The summed E-state index contributed by atoms with van der Waals surface area (Å²) in [5, 5.41) is 13.0. The number of methoxy groups -OCH3 is 1. The van der Waals surface area contributed by atoms with Crippen LogP contribution < -0.4 is 5.32 Å². The lowest BCUT2D eigenvalue weighted by Gasteiger charge is -2.28. The van der Waals surface area contributed by atoms with E-state index in [4.69, 9.17) is 11.6 Å². The number of carbonyl (C=O) groups excluding carboxylic acids is 1. The molecule has 0 spiro atoms. The van der Waals surface area contributed by atoms with Gasteiger partial charge >= 0.3 is 6.09 Å². The van der Waals surface area contributed by atoms with E-state index in [9.17, 15) is 9.90 Å². The minimum absolute atomic E-state index is 0.284. The third kappa shape index (κ3) is 2.65. The summed E-state index contributed by atoms with van der Waals surface area (Å²) in [5.41, 5.74) is -1.06. The van der Waals surface area contributed by atoms with Crippen molar-refractivity contribution >= 4 is 17.7 Å². The van der Waals surface area contributed by atoms with Crippen LogP contribution in [0, 0.1) is 0 Å². The molecule has 88 valence electrons. The smallest absolute Gasteiger partial charge is 0.409 e. The van der Waals surface area contributed by atoms with Crippen LogP contribution in [0.5, 0.6) is 0 Å². The van der Waals surface area contributed by atoms with E-state index in [2.05, 4.69) is 10.1 Å². The number of hydrogen-bond donors (Lipinski definition) is 2. The Morgan fingerprint density at radius 1 is 1.56 bits per heavy atom. The molecule has 1 aromatic rings. The van der Waals surface area contributed by atoms with Gasteiger partial charge in [0.25, 0.3) is 0 Å². The minimum atomic E-state index is -1.51. The molecule has 0 saturated heterocycles. The Labute approximate surface area is 99.2 Å². The molecule has 0 bridgehead atoms. The molecule has 1 rings (SSSR count). The molecule has 1 unspecified atom stereocenters. The Balaban J connectivity index is 3.05. The Hall–Kier alpha value is -1.26.